The Bertz CT molecular complexity index is 213. The van der Waals surface area contributed by atoms with E-state index in [1.165, 1.54) is 0 Å². The standard InChI is InChI=1S/C11H22N2O2/c1-9(15-3)7-13-10(14)11(2)5-4-6-12-8-11/h9,12H,4-8H2,1-3H3,(H,13,14). The van der Waals surface area contributed by atoms with Crippen LogP contribution in [0.1, 0.15) is 26.7 Å². The van der Waals surface area contributed by atoms with E-state index in [4.69, 9.17) is 4.74 Å². The predicted molar refractivity (Wildman–Crippen MR) is 59.7 cm³/mol. The molecule has 0 aromatic heterocycles. The van der Waals surface area contributed by atoms with Crippen LogP contribution in [0.3, 0.4) is 0 Å². The third-order valence-electron chi connectivity index (χ3n) is 3.10. The van der Waals surface area contributed by atoms with Crippen LogP contribution < -0.4 is 10.6 Å². The molecule has 0 aromatic carbocycles. The number of carbonyl (C=O) groups excluding carboxylic acids is 1. The number of methoxy groups -OCH3 is 1. The fraction of sp³-hybridized carbons (Fsp3) is 0.909. The van der Waals surface area contributed by atoms with Crippen molar-refractivity contribution in [1.82, 2.24) is 10.6 Å². The molecular weight excluding hydrogens is 192 g/mol. The molecule has 1 aliphatic heterocycles. The third-order valence-corrected chi connectivity index (χ3v) is 3.10. The average Bonchev–Trinajstić information content (AvgIpc) is 2.26. The van der Waals surface area contributed by atoms with Crippen LogP contribution in [0.5, 0.6) is 0 Å². The normalized spacial score (nSPS) is 28.5. The Kier molecular flexibility index (Phi) is 4.54. The Morgan fingerprint density at radius 1 is 1.67 bits per heavy atom. The fourth-order valence-corrected chi connectivity index (χ4v) is 1.78. The first-order chi connectivity index (χ1) is 7.08. The highest BCUT2D eigenvalue weighted by molar-refractivity contribution is 5.82. The topological polar surface area (TPSA) is 50.4 Å². The number of piperidine rings is 1. The van der Waals surface area contributed by atoms with Gasteiger partial charge in [-0.1, -0.05) is 0 Å². The molecule has 0 spiro atoms. The molecule has 1 heterocycles. The molecule has 1 amide bonds. The van der Waals surface area contributed by atoms with Gasteiger partial charge in [-0.15, -0.1) is 0 Å². The van der Waals surface area contributed by atoms with Crippen molar-refractivity contribution in [1.29, 1.82) is 0 Å². The molecule has 4 nitrogen and oxygen atoms in total. The van der Waals surface area contributed by atoms with Crippen molar-refractivity contribution in [3.63, 3.8) is 0 Å². The van der Waals surface area contributed by atoms with Crippen molar-refractivity contribution in [3.05, 3.63) is 0 Å². The van der Waals surface area contributed by atoms with Gasteiger partial charge in [-0.25, -0.2) is 0 Å². The maximum atomic E-state index is 11.9. The van der Waals surface area contributed by atoms with Crippen LogP contribution in [0, 0.1) is 5.41 Å². The summed E-state index contributed by atoms with van der Waals surface area (Å²) in [5, 5.41) is 6.21. The zero-order valence-corrected chi connectivity index (χ0v) is 9.93. The maximum absolute atomic E-state index is 11.9. The molecule has 2 atom stereocenters. The van der Waals surface area contributed by atoms with E-state index in [-0.39, 0.29) is 17.4 Å². The van der Waals surface area contributed by atoms with Crippen LogP contribution in [0.25, 0.3) is 0 Å². The largest absolute Gasteiger partial charge is 0.380 e. The lowest BCUT2D eigenvalue weighted by Gasteiger charge is -2.32. The number of rotatable bonds is 4. The van der Waals surface area contributed by atoms with Crippen LogP contribution in [0.2, 0.25) is 0 Å². The first-order valence-electron chi connectivity index (χ1n) is 5.60. The number of hydrogen-bond acceptors (Lipinski definition) is 3. The predicted octanol–water partition coefficient (Wildman–Crippen LogP) is 0.527. The van der Waals surface area contributed by atoms with Gasteiger partial charge >= 0.3 is 0 Å². The highest BCUT2D eigenvalue weighted by Crippen LogP contribution is 2.25. The van der Waals surface area contributed by atoms with Crippen molar-refractivity contribution in [2.24, 2.45) is 5.41 Å². The first-order valence-corrected chi connectivity index (χ1v) is 5.60. The van der Waals surface area contributed by atoms with Gasteiger partial charge in [-0.2, -0.15) is 0 Å². The summed E-state index contributed by atoms with van der Waals surface area (Å²) in [6.45, 7) is 6.36. The van der Waals surface area contributed by atoms with Crippen molar-refractivity contribution in [2.75, 3.05) is 26.7 Å². The molecule has 0 bridgehead atoms. The minimum atomic E-state index is -0.244. The maximum Gasteiger partial charge on any atom is 0.227 e. The monoisotopic (exact) mass is 214 g/mol. The molecule has 0 radical (unpaired) electrons. The quantitative estimate of drug-likeness (QED) is 0.717. The smallest absolute Gasteiger partial charge is 0.227 e. The van der Waals surface area contributed by atoms with E-state index in [0.29, 0.717) is 6.54 Å². The summed E-state index contributed by atoms with van der Waals surface area (Å²) in [7, 11) is 1.65. The Hall–Kier alpha value is -0.610. The molecule has 0 aliphatic carbocycles. The molecule has 1 aliphatic rings. The molecule has 4 heteroatoms. The average molecular weight is 214 g/mol. The van der Waals surface area contributed by atoms with Crippen LogP contribution >= 0.6 is 0 Å². The minimum absolute atomic E-state index is 0.0779. The van der Waals surface area contributed by atoms with Gasteiger partial charge in [0.2, 0.25) is 5.91 Å². The highest BCUT2D eigenvalue weighted by Gasteiger charge is 2.34. The minimum Gasteiger partial charge on any atom is -0.380 e. The molecule has 0 saturated carbocycles. The van der Waals surface area contributed by atoms with Crippen LogP contribution in [0.15, 0.2) is 0 Å². The van der Waals surface area contributed by atoms with Gasteiger partial charge in [-0.3, -0.25) is 4.79 Å². The zero-order chi connectivity index (χ0) is 11.3. The van der Waals surface area contributed by atoms with Crippen molar-refractivity contribution < 1.29 is 9.53 Å². The molecule has 1 saturated heterocycles. The van der Waals surface area contributed by atoms with Gasteiger partial charge in [0.25, 0.3) is 0 Å². The second kappa shape index (κ2) is 5.47. The van der Waals surface area contributed by atoms with E-state index < -0.39 is 0 Å². The van der Waals surface area contributed by atoms with Gasteiger partial charge in [0.1, 0.15) is 0 Å². The Labute approximate surface area is 91.8 Å². The zero-order valence-electron chi connectivity index (χ0n) is 9.93. The van der Waals surface area contributed by atoms with Gasteiger partial charge < -0.3 is 15.4 Å². The number of nitrogens with one attached hydrogen (secondary N) is 2. The van der Waals surface area contributed by atoms with E-state index in [0.717, 1.165) is 25.9 Å². The summed E-state index contributed by atoms with van der Waals surface area (Å²) in [4.78, 5) is 11.9. The van der Waals surface area contributed by atoms with E-state index in [1.807, 2.05) is 13.8 Å². The lowest BCUT2D eigenvalue weighted by Crippen LogP contribution is -2.49. The lowest BCUT2D eigenvalue weighted by molar-refractivity contribution is -0.131. The molecule has 2 unspecified atom stereocenters. The van der Waals surface area contributed by atoms with E-state index >= 15 is 0 Å². The first kappa shape index (κ1) is 12.5. The summed E-state index contributed by atoms with van der Waals surface area (Å²) < 4.78 is 5.09. The van der Waals surface area contributed by atoms with Crippen LogP contribution in [0.4, 0.5) is 0 Å². The van der Waals surface area contributed by atoms with Crippen LogP contribution in [-0.4, -0.2) is 38.8 Å². The molecule has 1 rings (SSSR count). The number of hydrogen-bond donors (Lipinski definition) is 2. The van der Waals surface area contributed by atoms with E-state index in [1.54, 1.807) is 7.11 Å². The van der Waals surface area contributed by atoms with E-state index in [2.05, 4.69) is 10.6 Å². The van der Waals surface area contributed by atoms with Gasteiger partial charge in [0, 0.05) is 20.2 Å². The fourth-order valence-electron chi connectivity index (χ4n) is 1.78. The SMILES string of the molecule is COC(C)CNC(=O)C1(C)CCCNC1. The van der Waals surface area contributed by atoms with Crippen molar-refractivity contribution in [3.8, 4) is 0 Å². The summed E-state index contributed by atoms with van der Waals surface area (Å²) in [6, 6.07) is 0. The Morgan fingerprint density at radius 3 is 2.93 bits per heavy atom. The highest BCUT2D eigenvalue weighted by atomic mass is 16.5. The van der Waals surface area contributed by atoms with E-state index in [9.17, 15) is 4.79 Å². The van der Waals surface area contributed by atoms with Gasteiger partial charge in [-0.05, 0) is 33.2 Å². The Balaban J connectivity index is 2.37. The molecule has 1 fully saturated rings. The third kappa shape index (κ3) is 3.47. The molecule has 2 N–H and O–H groups in total. The van der Waals surface area contributed by atoms with Gasteiger partial charge in [0.15, 0.2) is 0 Å². The summed E-state index contributed by atoms with van der Waals surface area (Å²) in [5.41, 5.74) is -0.244. The van der Waals surface area contributed by atoms with Crippen LogP contribution in [-0.2, 0) is 9.53 Å². The Morgan fingerprint density at radius 2 is 2.40 bits per heavy atom. The number of carbonyl (C=O) groups is 1. The second-order valence-electron chi connectivity index (χ2n) is 4.60. The number of ether oxygens (including phenoxy) is 1. The molecule has 0 aromatic rings. The van der Waals surface area contributed by atoms with Gasteiger partial charge in [0.05, 0.1) is 11.5 Å². The van der Waals surface area contributed by atoms with Crippen molar-refractivity contribution >= 4 is 5.91 Å². The molecule has 88 valence electrons. The molecular formula is C11H22N2O2. The summed E-state index contributed by atoms with van der Waals surface area (Å²) >= 11 is 0. The van der Waals surface area contributed by atoms with Crippen molar-refractivity contribution in [2.45, 2.75) is 32.8 Å². The summed E-state index contributed by atoms with van der Waals surface area (Å²) in [6.07, 6.45) is 2.12. The number of amides is 1. The summed E-state index contributed by atoms with van der Waals surface area (Å²) in [5.74, 6) is 0.138. The lowest BCUT2D eigenvalue weighted by atomic mass is 9.82. The molecule has 15 heavy (non-hydrogen) atoms. The second-order valence-corrected chi connectivity index (χ2v) is 4.60.